The average Bonchev–Trinajstić information content (AvgIpc) is 2.91. The van der Waals surface area contributed by atoms with Gasteiger partial charge in [0.05, 0.1) is 17.9 Å². The van der Waals surface area contributed by atoms with Crippen LogP contribution in [0.3, 0.4) is 0 Å². The SMILES string of the molecule is CC(C)CN1CCCn2nc(CNC(=O)[C@H](O)C3CCCCC3)cc2C1. The molecule has 1 aromatic heterocycles. The number of fused-ring (bicyclic) bond motifs is 1. The molecular weight excluding hydrogens is 328 g/mol. The molecule has 1 amide bonds. The molecule has 1 saturated carbocycles. The van der Waals surface area contributed by atoms with Gasteiger partial charge < -0.3 is 10.4 Å². The van der Waals surface area contributed by atoms with Crippen LogP contribution in [0.5, 0.6) is 0 Å². The van der Waals surface area contributed by atoms with Crippen molar-refractivity contribution >= 4 is 5.91 Å². The predicted molar refractivity (Wildman–Crippen MR) is 101 cm³/mol. The lowest BCUT2D eigenvalue weighted by Crippen LogP contribution is -2.39. The van der Waals surface area contributed by atoms with Crippen molar-refractivity contribution in [2.75, 3.05) is 13.1 Å². The Morgan fingerprint density at radius 2 is 2.04 bits per heavy atom. The standard InChI is InChI=1S/C20H34N4O2/c1-15(2)13-23-9-6-10-24-18(14-23)11-17(22-24)12-21-20(26)19(25)16-7-4-3-5-8-16/h11,15-16,19,25H,3-10,12-14H2,1-2H3,(H,21,26)/t19-/m1/s1. The highest BCUT2D eigenvalue weighted by Gasteiger charge is 2.27. The van der Waals surface area contributed by atoms with Crippen molar-refractivity contribution in [3.8, 4) is 0 Å². The van der Waals surface area contributed by atoms with Crippen molar-refractivity contribution < 1.29 is 9.90 Å². The van der Waals surface area contributed by atoms with E-state index in [0.717, 1.165) is 64.0 Å². The third kappa shape index (κ3) is 5.07. The van der Waals surface area contributed by atoms with Crippen LogP contribution in [0, 0.1) is 11.8 Å². The van der Waals surface area contributed by atoms with E-state index in [2.05, 4.69) is 39.9 Å². The van der Waals surface area contributed by atoms with Crippen molar-refractivity contribution in [1.29, 1.82) is 0 Å². The van der Waals surface area contributed by atoms with E-state index in [1.165, 1.54) is 12.1 Å². The Morgan fingerprint density at radius 3 is 2.77 bits per heavy atom. The summed E-state index contributed by atoms with van der Waals surface area (Å²) in [6.45, 7) is 8.97. The number of aliphatic hydroxyl groups excluding tert-OH is 1. The maximum atomic E-state index is 12.3. The minimum Gasteiger partial charge on any atom is -0.383 e. The van der Waals surface area contributed by atoms with Crippen molar-refractivity contribution in [2.45, 2.75) is 78.1 Å². The molecule has 2 aliphatic rings. The number of aromatic nitrogens is 2. The van der Waals surface area contributed by atoms with Crippen molar-refractivity contribution in [1.82, 2.24) is 20.0 Å². The second-order valence-corrected chi connectivity index (χ2v) is 8.39. The number of hydrogen-bond acceptors (Lipinski definition) is 4. The fourth-order valence-corrected chi connectivity index (χ4v) is 4.29. The van der Waals surface area contributed by atoms with Gasteiger partial charge in [0.25, 0.3) is 0 Å². The Morgan fingerprint density at radius 1 is 1.27 bits per heavy atom. The normalized spacial score (nSPS) is 20.6. The summed E-state index contributed by atoms with van der Waals surface area (Å²) >= 11 is 0. The van der Waals surface area contributed by atoms with Crippen molar-refractivity contribution in [3.63, 3.8) is 0 Å². The first-order valence-electron chi connectivity index (χ1n) is 10.3. The summed E-state index contributed by atoms with van der Waals surface area (Å²) in [6, 6.07) is 2.10. The lowest BCUT2D eigenvalue weighted by Gasteiger charge is -2.25. The number of nitrogens with zero attached hydrogens (tertiary/aromatic N) is 3. The Kier molecular flexibility index (Phi) is 6.70. The Labute approximate surface area is 156 Å². The van der Waals surface area contributed by atoms with Crippen molar-refractivity contribution in [2.24, 2.45) is 11.8 Å². The fraction of sp³-hybridized carbons (Fsp3) is 0.800. The van der Waals surface area contributed by atoms with E-state index < -0.39 is 6.10 Å². The number of carbonyl (C=O) groups is 1. The van der Waals surface area contributed by atoms with Gasteiger partial charge in [-0.25, -0.2) is 0 Å². The molecule has 0 aromatic carbocycles. The van der Waals surface area contributed by atoms with E-state index >= 15 is 0 Å². The Bertz CT molecular complexity index is 593. The molecule has 6 nitrogen and oxygen atoms in total. The molecule has 1 atom stereocenters. The molecule has 0 bridgehead atoms. The van der Waals surface area contributed by atoms with E-state index in [1.54, 1.807) is 0 Å². The van der Waals surface area contributed by atoms with E-state index in [4.69, 9.17) is 0 Å². The van der Waals surface area contributed by atoms with Gasteiger partial charge >= 0.3 is 0 Å². The number of amides is 1. The molecule has 0 unspecified atom stereocenters. The van der Waals surface area contributed by atoms with Gasteiger partial charge in [-0.05, 0) is 37.2 Å². The summed E-state index contributed by atoms with van der Waals surface area (Å²) in [6.07, 6.45) is 5.60. The first kappa shape index (κ1) is 19.4. The minimum absolute atomic E-state index is 0.118. The lowest BCUT2D eigenvalue weighted by molar-refractivity contribution is -0.132. The van der Waals surface area contributed by atoms with Crippen LogP contribution in [-0.2, 0) is 24.4 Å². The molecule has 1 fully saturated rings. The van der Waals surface area contributed by atoms with E-state index in [9.17, 15) is 9.90 Å². The number of aryl methyl sites for hydroxylation is 1. The zero-order chi connectivity index (χ0) is 18.5. The number of carbonyl (C=O) groups excluding carboxylic acids is 1. The lowest BCUT2D eigenvalue weighted by atomic mass is 9.85. The Hall–Kier alpha value is -1.40. The molecular formula is C20H34N4O2. The van der Waals surface area contributed by atoms with Crippen LogP contribution in [-0.4, -0.2) is 44.9 Å². The van der Waals surface area contributed by atoms with Gasteiger partial charge in [0, 0.05) is 26.2 Å². The molecule has 2 heterocycles. The first-order chi connectivity index (χ1) is 12.5. The van der Waals surface area contributed by atoms with Gasteiger partial charge in [-0.1, -0.05) is 33.1 Å². The van der Waals surface area contributed by atoms with Crippen LogP contribution in [0.2, 0.25) is 0 Å². The topological polar surface area (TPSA) is 70.4 Å². The second kappa shape index (κ2) is 9.00. The molecule has 26 heavy (non-hydrogen) atoms. The molecule has 146 valence electrons. The van der Waals surface area contributed by atoms with E-state index in [1.807, 2.05) is 0 Å². The van der Waals surface area contributed by atoms with E-state index in [-0.39, 0.29) is 11.8 Å². The third-order valence-corrected chi connectivity index (χ3v) is 5.58. The number of nitrogens with one attached hydrogen (secondary N) is 1. The predicted octanol–water partition coefficient (Wildman–Crippen LogP) is 2.30. The quantitative estimate of drug-likeness (QED) is 0.815. The van der Waals surface area contributed by atoms with Gasteiger partial charge in [-0.3, -0.25) is 14.4 Å². The summed E-state index contributed by atoms with van der Waals surface area (Å²) in [5, 5.41) is 17.8. The molecule has 0 saturated heterocycles. The molecule has 0 spiro atoms. The summed E-state index contributed by atoms with van der Waals surface area (Å²) in [7, 11) is 0. The van der Waals surface area contributed by atoms with Crippen LogP contribution >= 0.6 is 0 Å². The Balaban J connectivity index is 1.53. The van der Waals surface area contributed by atoms with Gasteiger partial charge in [0.2, 0.25) is 5.91 Å². The molecule has 1 aliphatic carbocycles. The monoisotopic (exact) mass is 362 g/mol. The third-order valence-electron chi connectivity index (χ3n) is 5.58. The summed E-state index contributed by atoms with van der Waals surface area (Å²) in [5.74, 6) is 0.526. The highest BCUT2D eigenvalue weighted by Crippen LogP contribution is 2.26. The number of rotatable bonds is 6. The maximum absolute atomic E-state index is 12.3. The second-order valence-electron chi connectivity index (χ2n) is 8.39. The van der Waals surface area contributed by atoms with Crippen LogP contribution < -0.4 is 5.32 Å². The van der Waals surface area contributed by atoms with Crippen molar-refractivity contribution in [3.05, 3.63) is 17.5 Å². The smallest absolute Gasteiger partial charge is 0.249 e. The zero-order valence-corrected chi connectivity index (χ0v) is 16.3. The fourth-order valence-electron chi connectivity index (χ4n) is 4.29. The zero-order valence-electron chi connectivity index (χ0n) is 16.3. The summed E-state index contributed by atoms with van der Waals surface area (Å²) < 4.78 is 2.08. The van der Waals surface area contributed by atoms with Crippen LogP contribution in [0.25, 0.3) is 0 Å². The molecule has 6 heteroatoms. The largest absolute Gasteiger partial charge is 0.383 e. The average molecular weight is 363 g/mol. The first-order valence-corrected chi connectivity index (χ1v) is 10.3. The van der Waals surface area contributed by atoms with Crippen LogP contribution in [0.15, 0.2) is 6.07 Å². The molecule has 1 aromatic rings. The maximum Gasteiger partial charge on any atom is 0.249 e. The van der Waals surface area contributed by atoms with Gasteiger partial charge in [-0.15, -0.1) is 0 Å². The number of aliphatic hydroxyl groups is 1. The molecule has 1 aliphatic heterocycles. The number of hydrogen-bond donors (Lipinski definition) is 2. The van der Waals surface area contributed by atoms with Gasteiger partial charge in [-0.2, -0.15) is 5.10 Å². The summed E-state index contributed by atoms with van der Waals surface area (Å²) in [4.78, 5) is 14.8. The van der Waals surface area contributed by atoms with Crippen LogP contribution in [0.1, 0.15) is 63.8 Å². The molecule has 2 N–H and O–H groups in total. The minimum atomic E-state index is -0.878. The van der Waals surface area contributed by atoms with Crippen LogP contribution in [0.4, 0.5) is 0 Å². The van der Waals surface area contributed by atoms with Gasteiger partial charge in [0.15, 0.2) is 0 Å². The highest BCUT2D eigenvalue weighted by molar-refractivity contribution is 5.80. The summed E-state index contributed by atoms with van der Waals surface area (Å²) in [5.41, 5.74) is 2.11. The molecule has 3 rings (SSSR count). The van der Waals surface area contributed by atoms with Gasteiger partial charge in [0.1, 0.15) is 6.10 Å². The molecule has 0 radical (unpaired) electrons. The highest BCUT2D eigenvalue weighted by atomic mass is 16.3. The van der Waals surface area contributed by atoms with E-state index in [0.29, 0.717) is 12.5 Å².